The highest BCUT2D eigenvalue weighted by Gasteiger charge is 2.34. The highest BCUT2D eigenvalue weighted by molar-refractivity contribution is 7.92. The van der Waals surface area contributed by atoms with Crippen LogP contribution in [0.4, 0.5) is 5.69 Å². The van der Waals surface area contributed by atoms with E-state index in [1.54, 1.807) is 25.2 Å². The summed E-state index contributed by atoms with van der Waals surface area (Å²) in [5, 5.41) is 3.09. The molecule has 1 aliphatic rings. The number of benzene rings is 2. The summed E-state index contributed by atoms with van der Waals surface area (Å²) in [5.41, 5.74) is 3.67. The van der Waals surface area contributed by atoms with Gasteiger partial charge in [-0.3, -0.25) is 4.31 Å². The Bertz CT molecular complexity index is 803. The van der Waals surface area contributed by atoms with Crippen LogP contribution in [0.1, 0.15) is 17.2 Å². The van der Waals surface area contributed by atoms with Crippen LogP contribution >= 0.6 is 12.2 Å². The first-order valence-corrected chi connectivity index (χ1v) is 8.35. The van der Waals surface area contributed by atoms with E-state index in [0.717, 1.165) is 5.56 Å². The lowest BCUT2D eigenvalue weighted by Crippen LogP contribution is -2.26. The van der Waals surface area contributed by atoms with E-state index in [2.05, 4.69) is 5.32 Å². The Morgan fingerprint density at radius 3 is 2.43 bits per heavy atom. The molecule has 0 spiro atoms. The predicted molar refractivity (Wildman–Crippen MR) is 87.1 cm³/mol. The first-order chi connectivity index (χ1) is 10.1. The average molecular weight is 318 g/mol. The van der Waals surface area contributed by atoms with Crippen molar-refractivity contribution in [3.05, 3.63) is 59.7 Å². The van der Waals surface area contributed by atoms with Crippen molar-refractivity contribution < 1.29 is 8.42 Å². The standard InChI is InChI=1S/C15H14N2O2S2/c1-17-13-8-4-2-6-11(13)15(16-10-20)12-7-3-5-9-14(12)21(17,18)19/h2-10,15H,1H3,(H,16,20). The molecule has 1 aliphatic heterocycles. The number of anilines is 1. The lowest BCUT2D eigenvalue weighted by molar-refractivity contribution is 0.593. The number of hydrogen-bond acceptors (Lipinski definition) is 3. The van der Waals surface area contributed by atoms with Crippen LogP contribution in [0.3, 0.4) is 0 Å². The van der Waals surface area contributed by atoms with E-state index >= 15 is 0 Å². The van der Waals surface area contributed by atoms with Gasteiger partial charge < -0.3 is 5.32 Å². The first-order valence-electron chi connectivity index (χ1n) is 6.44. The van der Waals surface area contributed by atoms with Gasteiger partial charge in [-0.25, -0.2) is 8.42 Å². The van der Waals surface area contributed by atoms with Crippen LogP contribution in [0, 0.1) is 0 Å². The lowest BCUT2D eigenvalue weighted by Gasteiger charge is -2.20. The van der Waals surface area contributed by atoms with Gasteiger partial charge in [-0.1, -0.05) is 48.6 Å². The second-order valence-electron chi connectivity index (χ2n) is 4.79. The van der Waals surface area contributed by atoms with Crippen molar-refractivity contribution in [3.63, 3.8) is 0 Å². The van der Waals surface area contributed by atoms with Gasteiger partial charge >= 0.3 is 0 Å². The van der Waals surface area contributed by atoms with Crippen molar-refractivity contribution in [2.75, 3.05) is 11.4 Å². The normalized spacial score (nSPS) is 19.1. The molecule has 21 heavy (non-hydrogen) atoms. The Hall–Kier alpha value is -1.92. The summed E-state index contributed by atoms with van der Waals surface area (Å²) in [7, 11) is -2.00. The maximum absolute atomic E-state index is 12.8. The third-order valence-electron chi connectivity index (χ3n) is 3.69. The van der Waals surface area contributed by atoms with E-state index in [4.69, 9.17) is 12.2 Å². The molecular weight excluding hydrogens is 304 g/mol. The summed E-state index contributed by atoms with van der Waals surface area (Å²) in [6.07, 6.45) is 0. The monoisotopic (exact) mass is 318 g/mol. The van der Waals surface area contributed by atoms with Crippen molar-refractivity contribution in [2.24, 2.45) is 0 Å². The largest absolute Gasteiger partial charge is 0.371 e. The Morgan fingerprint density at radius 2 is 1.71 bits per heavy atom. The summed E-state index contributed by atoms with van der Waals surface area (Å²) >= 11 is 4.92. The quantitative estimate of drug-likeness (QED) is 0.864. The average Bonchev–Trinajstić information content (AvgIpc) is 2.57. The molecule has 1 unspecified atom stereocenters. The topological polar surface area (TPSA) is 49.4 Å². The van der Waals surface area contributed by atoms with E-state index < -0.39 is 10.0 Å². The fraction of sp³-hybridized carbons (Fsp3) is 0.133. The number of sulfonamides is 1. The Morgan fingerprint density at radius 1 is 1.10 bits per heavy atom. The maximum atomic E-state index is 12.8. The van der Waals surface area contributed by atoms with Crippen molar-refractivity contribution in [3.8, 4) is 0 Å². The van der Waals surface area contributed by atoms with Crippen LogP contribution < -0.4 is 9.62 Å². The second kappa shape index (κ2) is 5.13. The van der Waals surface area contributed by atoms with Crippen molar-refractivity contribution in [2.45, 2.75) is 10.9 Å². The van der Waals surface area contributed by atoms with Crippen LogP contribution in [-0.4, -0.2) is 21.0 Å². The minimum absolute atomic E-state index is 0.283. The predicted octanol–water partition coefficient (Wildman–Crippen LogP) is 2.46. The van der Waals surface area contributed by atoms with Crippen molar-refractivity contribution in [1.82, 2.24) is 5.32 Å². The summed E-state index contributed by atoms with van der Waals surface area (Å²) in [5.74, 6) is 0. The number of fused-ring (bicyclic) bond motifs is 2. The highest BCUT2D eigenvalue weighted by atomic mass is 32.2. The first kappa shape index (κ1) is 14.0. The van der Waals surface area contributed by atoms with E-state index in [9.17, 15) is 8.42 Å². The fourth-order valence-corrected chi connectivity index (χ4v) is 4.26. The van der Waals surface area contributed by atoms with Crippen LogP contribution in [0.2, 0.25) is 0 Å². The molecule has 4 nitrogen and oxygen atoms in total. The second-order valence-corrected chi connectivity index (χ2v) is 6.96. The summed E-state index contributed by atoms with van der Waals surface area (Å²) in [4.78, 5) is 0.304. The van der Waals surface area contributed by atoms with Crippen LogP contribution in [-0.2, 0) is 10.0 Å². The molecule has 2 aromatic carbocycles. The number of nitrogens with one attached hydrogen (secondary N) is 1. The SMILES string of the molecule is CN1c2ccccc2C(NC=S)c2ccccc2S1(=O)=O. The summed E-state index contributed by atoms with van der Waals surface area (Å²) < 4.78 is 26.9. The molecule has 1 heterocycles. The third kappa shape index (κ3) is 2.11. The number of para-hydroxylation sites is 1. The van der Waals surface area contributed by atoms with Gasteiger partial charge in [0.25, 0.3) is 10.0 Å². The molecule has 0 fully saturated rings. The number of nitrogens with zero attached hydrogens (tertiary/aromatic N) is 1. The third-order valence-corrected chi connectivity index (χ3v) is 5.67. The van der Waals surface area contributed by atoms with Crippen LogP contribution in [0.5, 0.6) is 0 Å². The molecule has 0 saturated carbocycles. The van der Waals surface area contributed by atoms with E-state index in [1.807, 2.05) is 30.3 Å². The number of thiocarbonyl (C=S) groups is 1. The Kier molecular flexibility index (Phi) is 3.43. The van der Waals surface area contributed by atoms with Gasteiger partial charge in [0.05, 0.1) is 22.1 Å². The van der Waals surface area contributed by atoms with Gasteiger partial charge in [0.1, 0.15) is 0 Å². The zero-order chi connectivity index (χ0) is 15.0. The van der Waals surface area contributed by atoms with Crippen LogP contribution in [0.15, 0.2) is 53.4 Å². The van der Waals surface area contributed by atoms with Gasteiger partial charge in [0, 0.05) is 12.6 Å². The molecule has 1 atom stereocenters. The molecule has 0 bridgehead atoms. The molecular formula is C15H14N2O2S2. The minimum Gasteiger partial charge on any atom is -0.371 e. The Balaban J connectivity index is 2.39. The molecule has 1 N–H and O–H groups in total. The number of hydrogen-bond donors (Lipinski definition) is 1. The summed E-state index contributed by atoms with van der Waals surface area (Å²) in [6.45, 7) is 0. The van der Waals surface area contributed by atoms with Gasteiger partial charge in [-0.2, -0.15) is 0 Å². The lowest BCUT2D eigenvalue weighted by atomic mass is 9.97. The van der Waals surface area contributed by atoms with E-state index in [0.29, 0.717) is 16.1 Å². The van der Waals surface area contributed by atoms with Gasteiger partial charge in [0.15, 0.2) is 0 Å². The fourth-order valence-electron chi connectivity index (χ4n) is 2.66. The van der Waals surface area contributed by atoms with Crippen molar-refractivity contribution in [1.29, 1.82) is 0 Å². The van der Waals surface area contributed by atoms with Gasteiger partial charge in [-0.15, -0.1) is 0 Å². The van der Waals surface area contributed by atoms with E-state index in [1.165, 1.54) is 9.80 Å². The minimum atomic E-state index is -3.58. The Labute approximate surface area is 129 Å². The zero-order valence-electron chi connectivity index (χ0n) is 11.4. The smallest absolute Gasteiger partial charge is 0.264 e. The van der Waals surface area contributed by atoms with Crippen molar-refractivity contribution >= 4 is 33.4 Å². The molecule has 0 amide bonds. The molecule has 2 aromatic rings. The van der Waals surface area contributed by atoms with Crippen LogP contribution in [0.25, 0.3) is 0 Å². The zero-order valence-corrected chi connectivity index (χ0v) is 13.0. The highest BCUT2D eigenvalue weighted by Crippen LogP contribution is 2.39. The van der Waals surface area contributed by atoms with Gasteiger partial charge in [-0.05, 0) is 17.7 Å². The van der Waals surface area contributed by atoms with E-state index in [-0.39, 0.29) is 6.04 Å². The number of rotatable bonds is 2. The molecule has 3 rings (SSSR count). The molecule has 0 saturated heterocycles. The maximum Gasteiger partial charge on any atom is 0.264 e. The molecule has 0 aromatic heterocycles. The molecule has 6 heteroatoms. The van der Waals surface area contributed by atoms with Gasteiger partial charge in [0.2, 0.25) is 0 Å². The molecule has 108 valence electrons. The molecule has 0 radical (unpaired) electrons. The summed E-state index contributed by atoms with van der Waals surface area (Å²) in [6, 6.07) is 14.2. The molecule has 0 aliphatic carbocycles.